The zero-order valence-corrected chi connectivity index (χ0v) is 18.3. The largest absolute Gasteiger partial charge is 0.449 e. The van der Waals surface area contributed by atoms with Crippen LogP contribution in [0, 0.1) is 0 Å². The number of benzene rings is 1. The number of hydrogen-bond acceptors (Lipinski definition) is 6. The van der Waals surface area contributed by atoms with E-state index in [0.29, 0.717) is 23.7 Å². The number of ether oxygens (including phenoxy) is 2. The Morgan fingerprint density at radius 2 is 1.70 bits per heavy atom. The molecule has 4 heterocycles. The molecule has 0 spiro atoms. The van der Waals surface area contributed by atoms with Gasteiger partial charge in [0.15, 0.2) is 17.3 Å². The lowest BCUT2D eigenvalue weighted by Gasteiger charge is -2.22. The van der Waals surface area contributed by atoms with Gasteiger partial charge < -0.3 is 14.8 Å². The predicted octanol–water partition coefficient (Wildman–Crippen LogP) is 5.36. The van der Waals surface area contributed by atoms with Gasteiger partial charge in [0.1, 0.15) is 5.69 Å². The monoisotopic (exact) mass is 442 g/mol. The van der Waals surface area contributed by atoms with Crippen LogP contribution in [0.25, 0.3) is 11.3 Å². The second kappa shape index (κ2) is 8.71. The molecule has 168 valence electrons. The van der Waals surface area contributed by atoms with Crippen LogP contribution in [0.2, 0.25) is 0 Å². The highest BCUT2D eigenvalue weighted by atomic mass is 16.5. The summed E-state index contributed by atoms with van der Waals surface area (Å²) in [5.74, 6) is 2.01. The maximum absolute atomic E-state index is 6.40. The molecule has 1 saturated heterocycles. The number of nitrogens with one attached hydrogen (secondary N) is 1. The highest BCUT2D eigenvalue weighted by Crippen LogP contribution is 2.40. The molecule has 0 amide bonds. The Morgan fingerprint density at radius 1 is 0.879 bits per heavy atom. The molecule has 1 N–H and O–H groups in total. The Hall–Kier alpha value is -3.65. The van der Waals surface area contributed by atoms with Gasteiger partial charge in [0, 0.05) is 31.2 Å². The van der Waals surface area contributed by atoms with Crippen molar-refractivity contribution in [3.8, 4) is 22.8 Å². The van der Waals surface area contributed by atoms with Crippen LogP contribution in [0.15, 0.2) is 67.3 Å². The van der Waals surface area contributed by atoms with Gasteiger partial charge in [-0.3, -0.25) is 9.36 Å². The van der Waals surface area contributed by atoms with Gasteiger partial charge in [-0.1, -0.05) is 30.3 Å². The minimum atomic E-state index is 0.371. The number of pyridine rings is 1. The normalized spacial score (nSPS) is 16.6. The van der Waals surface area contributed by atoms with E-state index in [2.05, 4.69) is 27.5 Å². The predicted molar refractivity (Wildman–Crippen MR) is 125 cm³/mol. The van der Waals surface area contributed by atoms with Crippen LogP contribution in [-0.4, -0.2) is 37.8 Å². The Bertz CT molecular complexity index is 1220. The molecule has 0 unspecified atom stereocenters. The molecule has 1 saturated carbocycles. The average Bonchev–Trinajstić information content (AvgIpc) is 3.47. The van der Waals surface area contributed by atoms with E-state index in [-0.39, 0.29) is 0 Å². The van der Waals surface area contributed by atoms with Gasteiger partial charge in [0.2, 0.25) is 0 Å². The van der Waals surface area contributed by atoms with E-state index >= 15 is 0 Å². The van der Waals surface area contributed by atoms with Crippen molar-refractivity contribution in [2.45, 2.75) is 37.8 Å². The van der Waals surface area contributed by atoms with Crippen LogP contribution in [0.5, 0.6) is 11.5 Å². The molecule has 8 heteroatoms. The van der Waals surface area contributed by atoms with Crippen molar-refractivity contribution in [3.05, 3.63) is 67.3 Å². The highest BCUT2D eigenvalue weighted by molar-refractivity contribution is 5.68. The van der Waals surface area contributed by atoms with Crippen molar-refractivity contribution in [3.63, 3.8) is 0 Å². The maximum Gasteiger partial charge on any atom is 0.173 e. The quantitative estimate of drug-likeness (QED) is 0.415. The van der Waals surface area contributed by atoms with Gasteiger partial charge in [0.05, 0.1) is 30.2 Å². The van der Waals surface area contributed by atoms with Crippen molar-refractivity contribution < 1.29 is 9.47 Å². The maximum atomic E-state index is 6.40. The first kappa shape index (κ1) is 20.0. The Labute approximate surface area is 192 Å². The van der Waals surface area contributed by atoms with Gasteiger partial charge in [-0.25, -0.2) is 4.98 Å². The smallest absolute Gasteiger partial charge is 0.173 e. The molecule has 8 nitrogen and oxygen atoms in total. The van der Waals surface area contributed by atoms with Crippen molar-refractivity contribution >= 4 is 11.5 Å². The molecule has 0 radical (unpaired) electrons. The van der Waals surface area contributed by atoms with E-state index < -0.39 is 0 Å². The Balaban J connectivity index is 1.26. The molecule has 1 aromatic carbocycles. The number of rotatable bonds is 7. The van der Waals surface area contributed by atoms with Gasteiger partial charge >= 0.3 is 0 Å². The molecule has 2 aliphatic rings. The second-order valence-electron chi connectivity index (χ2n) is 8.55. The zero-order valence-electron chi connectivity index (χ0n) is 18.3. The van der Waals surface area contributed by atoms with Crippen molar-refractivity contribution in [2.75, 3.05) is 18.5 Å². The second-order valence-corrected chi connectivity index (χ2v) is 8.55. The number of hydrogen-bond donors (Lipinski definition) is 1. The van der Waals surface area contributed by atoms with Gasteiger partial charge in [-0.15, -0.1) is 0 Å². The third-order valence-corrected chi connectivity index (χ3v) is 6.09. The van der Waals surface area contributed by atoms with Crippen LogP contribution in [0.3, 0.4) is 0 Å². The van der Waals surface area contributed by atoms with Crippen LogP contribution in [0.1, 0.15) is 37.8 Å². The molecule has 33 heavy (non-hydrogen) atoms. The molecule has 0 atom stereocenters. The lowest BCUT2D eigenvalue weighted by Crippen LogP contribution is -2.19. The summed E-state index contributed by atoms with van der Waals surface area (Å²) in [5, 5.41) is 12.8. The standard InChI is InChI=1S/C25H26N6O2/c1-2-5-18(6-3-1)24-23(17-31(29-24)20-8-9-20)33-22-7-4-12-26-25(22)28-19-15-27-30(16-19)21-10-13-32-14-11-21/h1-7,12,15-17,20-21H,8-11,13-14H2,(H,26,28). The van der Waals surface area contributed by atoms with E-state index in [1.807, 2.05) is 58.3 Å². The lowest BCUT2D eigenvalue weighted by atomic mass is 10.1. The molecule has 3 aromatic heterocycles. The first-order chi connectivity index (χ1) is 16.3. The SMILES string of the molecule is c1ccc(-c2nn(C3CC3)cc2Oc2cccnc2Nc2cnn(C3CCOCC3)c2)cc1. The van der Waals surface area contributed by atoms with E-state index in [4.69, 9.17) is 14.6 Å². The van der Waals surface area contributed by atoms with Crippen LogP contribution >= 0.6 is 0 Å². The molecule has 4 aromatic rings. The van der Waals surface area contributed by atoms with E-state index in [0.717, 1.165) is 61.6 Å². The summed E-state index contributed by atoms with van der Waals surface area (Å²) in [7, 11) is 0. The average molecular weight is 443 g/mol. The molecular weight excluding hydrogens is 416 g/mol. The topological polar surface area (TPSA) is 79.0 Å². The minimum Gasteiger partial charge on any atom is -0.449 e. The van der Waals surface area contributed by atoms with Crippen molar-refractivity contribution in [2.24, 2.45) is 0 Å². The summed E-state index contributed by atoms with van der Waals surface area (Å²) in [6, 6.07) is 14.8. The molecule has 1 aliphatic heterocycles. The van der Waals surface area contributed by atoms with E-state index in [9.17, 15) is 0 Å². The van der Waals surface area contributed by atoms with Gasteiger partial charge in [0.25, 0.3) is 0 Å². The molecular formula is C25H26N6O2. The van der Waals surface area contributed by atoms with Crippen LogP contribution in [-0.2, 0) is 4.74 Å². The molecule has 6 rings (SSSR count). The fourth-order valence-electron chi connectivity index (χ4n) is 4.15. The summed E-state index contributed by atoms with van der Waals surface area (Å²) in [5.41, 5.74) is 2.75. The molecule has 0 bridgehead atoms. The zero-order chi connectivity index (χ0) is 22.0. The van der Waals surface area contributed by atoms with Gasteiger partial charge in [-0.05, 0) is 37.8 Å². The first-order valence-electron chi connectivity index (χ1n) is 11.5. The summed E-state index contributed by atoms with van der Waals surface area (Å²) < 4.78 is 15.9. The Kier molecular flexibility index (Phi) is 5.28. The summed E-state index contributed by atoms with van der Waals surface area (Å²) in [6.07, 6.45) is 11.9. The summed E-state index contributed by atoms with van der Waals surface area (Å²) >= 11 is 0. The van der Waals surface area contributed by atoms with E-state index in [1.54, 1.807) is 6.20 Å². The summed E-state index contributed by atoms with van der Waals surface area (Å²) in [4.78, 5) is 4.53. The highest BCUT2D eigenvalue weighted by Gasteiger charge is 2.27. The van der Waals surface area contributed by atoms with Crippen molar-refractivity contribution in [1.82, 2.24) is 24.5 Å². The molecule has 1 aliphatic carbocycles. The fourth-order valence-corrected chi connectivity index (χ4v) is 4.15. The number of anilines is 2. The number of nitrogens with zero attached hydrogens (tertiary/aromatic N) is 5. The fraction of sp³-hybridized carbons (Fsp3) is 0.320. The van der Waals surface area contributed by atoms with Crippen LogP contribution < -0.4 is 10.1 Å². The van der Waals surface area contributed by atoms with Crippen molar-refractivity contribution in [1.29, 1.82) is 0 Å². The Morgan fingerprint density at radius 3 is 2.52 bits per heavy atom. The number of aromatic nitrogens is 5. The van der Waals surface area contributed by atoms with Gasteiger partial charge in [-0.2, -0.15) is 10.2 Å². The third-order valence-electron chi connectivity index (χ3n) is 6.09. The van der Waals surface area contributed by atoms with E-state index in [1.165, 1.54) is 0 Å². The molecule has 2 fully saturated rings. The lowest BCUT2D eigenvalue weighted by molar-refractivity contribution is 0.0662. The summed E-state index contributed by atoms with van der Waals surface area (Å²) in [6.45, 7) is 1.56. The minimum absolute atomic E-state index is 0.371. The third kappa shape index (κ3) is 4.34. The first-order valence-corrected chi connectivity index (χ1v) is 11.5. The van der Waals surface area contributed by atoms with Crippen LogP contribution in [0.4, 0.5) is 11.5 Å².